The standard InChI is InChI=1S/C18H16ClN3O/c19-8-5-11-23-14-12-17(15-6-1-3-9-20-15)22-18(13-14)16-7-2-4-10-21-16/h1-4,6-7,9-10,12-13H,5,8,11H2. The van der Waals surface area contributed by atoms with Gasteiger partial charge in [0.1, 0.15) is 5.75 Å². The highest BCUT2D eigenvalue weighted by Crippen LogP contribution is 2.26. The number of halogens is 1. The van der Waals surface area contributed by atoms with E-state index in [1.165, 1.54) is 0 Å². The molecule has 3 aromatic rings. The third-order valence-corrected chi connectivity index (χ3v) is 3.47. The lowest BCUT2D eigenvalue weighted by Gasteiger charge is -2.10. The monoisotopic (exact) mass is 325 g/mol. The predicted molar refractivity (Wildman–Crippen MR) is 91.5 cm³/mol. The third kappa shape index (κ3) is 4.05. The first-order valence-corrected chi connectivity index (χ1v) is 7.94. The van der Waals surface area contributed by atoms with Gasteiger partial charge < -0.3 is 4.74 Å². The van der Waals surface area contributed by atoms with E-state index >= 15 is 0 Å². The molecular formula is C18H16ClN3O. The SMILES string of the molecule is ClCCCOc1cc(-c2ccccn2)nc(-c2ccccn2)c1. The molecule has 3 aromatic heterocycles. The van der Waals surface area contributed by atoms with Crippen molar-refractivity contribution in [2.75, 3.05) is 12.5 Å². The van der Waals surface area contributed by atoms with E-state index in [1.807, 2.05) is 48.5 Å². The molecule has 0 spiro atoms. The molecule has 0 aliphatic rings. The second-order valence-corrected chi connectivity index (χ2v) is 5.27. The molecule has 4 nitrogen and oxygen atoms in total. The largest absolute Gasteiger partial charge is 0.493 e. The van der Waals surface area contributed by atoms with Crippen molar-refractivity contribution in [3.63, 3.8) is 0 Å². The Labute approximate surface area is 140 Å². The summed E-state index contributed by atoms with van der Waals surface area (Å²) >= 11 is 5.71. The van der Waals surface area contributed by atoms with E-state index in [0.29, 0.717) is 12.5 Å². The molecule has 0 aliphatic carbocycles. The summed E-state index contributed by atoms with van der Waals surface area (Å²) in [6.45, 7) is 0.566. The number of hydrogen-bond donors (Lipinski definition) is 0. The first-order valence-electron chi connectivity index (χ1n) is 7.40. The van der Waals surface area contributed by atoms with Crippen LogP contribution >= 0.6 is 11.6 Å². The van der Waals surface area contributed by atoms with Crippen molar-refractivity contribution < 1.29 is 4.74 Å². The van der Waals surface area contributed by atoms with Crippen molar-refractivity contribution >= 4 is 11.6 Å². The van der Waals surface area contributed by atoms with E-state index in [2.05, 4.69) is 15.0 Å². The van der Waals surface area contributed by atoms with Gasteiger partial charge >= 0.3 is 0 Å². The van der Waals surface area contributed by atoms with E-state index < -0.39 is 0 Å². The van der Waals surface area contributed by atoms with E-state index in [4.69, 9.17) is 16.3 Å². The minimum atomic E-state index is 0.566. The molecule has 0 aliphatic heterocycles. The van der Waals surface area contributed by atoms with Crippen LogP contribution in [0.15, 0.2) is 60.9 Å². The molecular weight excluding hydrogens is 310 g/mol. The molecule has 5 heteroatoms. The van der Waals surface area contributed by atoms with E-state index in [1.54, 1.807) is 12.4 Å². The highest BCUT2D eigenvalue weighted by atomic mass is 35.5. The molecule has 3 heterocycles. The number of aromatic nitrogens is 3. The average Bonchev–Trinajstić information content (AvgIpc) is 2.63. The molecule has 0 radical (unpaired) electrons. The van der Waals surface area contributed by atoms with Crippen LogP contribution in [0.3, 0.4) is 0 Å². The quantitative estimate of drug-likeness (QED) is 0.503. The van der Waals surface area contributed by atoms with Gasteiger partial charge in [0.15, 0.2) is 0 Å². The Morgan fingerprint density at radius 3 is 1.91 bits per heavy atom. The summed E-state index contributed by atoms with van der Waals surface area (Å²) in [4.78, 5) is 13.4. The maximum atomic E-state index is 5.79. The average molecular weight is 326 g/mol. The lowest BCUT2D eigenvalue weighted by atomic mass is 10.2. The van der Waals surface area contributed by atoms with Crippen LogP contribution in [0.25, 0.3) is 22.8 Å². The van der Waals surface area contributed by atoms with Crippen LogP contribution in [0.1, 0.15) is 6.42 Å². The van der Waals surface area contributed by atoms with Crippen molar-refractivity contribution in [2.45, 2.75) is 6.42 Å². The van der Waals surface area contributed by atoms with Gasteiger partial charge in [0, 0.05) is 30.4 Å². The van der Waals surface area contributed by atoms with Crippen LogP contribution in [0.2, 0.25) is 0 Å². The van der Waals surface area contributed by atoms with E-state index in [9.17, 15) is 0 Å². The van der Waals surface area contributed by atoms with Crippen molar-refractivity contribution in [3.05, 3.63) is 60.9 Å². The van der Waals surface area contributed by atoms with Crippen molar-refractivity contribution in [2.24, 2.45) is 0 Å². The molecule has 23 heavy (non-hydrogen) atoms. The Balaban J connectivity index is 2.00. The lowest BCUT2D eigenvalue weighted by molar-refractivity contribution is 0.318. The van der Waals surface area contributed by atoms with Gasteiger partial charge in [-0.05, 0) is 30.7 Å². The van der Waals surface area contributed by atoms with Crippen LogP contribution in [0.4, 0.5) is 0 Å². The van der Waals surface area contributed by atoms with Crippen molar-refractivity contribution in [3.8, 4) is 28.5 Å². The Morgan fingerprint density at radius 1 is 0.826 bits per heavy atom. The normalized spacial score (nSPS) is 10.5. The van der Waals surface area contributed by atoms with Crippen LogP contribution in [-0.4, -0.2) is 27.4 Å². The van der Waals surface area contributed by atoms with E-state index in [0.717, 1.165) is 34.9 Å². The first-order chi connectivity index (χ1) is 11.4. The fourth-order valence-electron chi connectivity index (χ4n) is 2.12. The second kappa shape index (κ2) is 7.70. The number of nitrogens with zero attached hydrogens (tertiary/aromatic N) is 3. The van der Waals surface area contributed by atoms with Crippen LogP contribution in [-0.2, 0) is 0 Å². The zero-order valence-electron chi connectivity index (χ0n) is 12.5. The molecule has 0 unspecified atom stereocenters. The summed E-state index contributed by atoms with van der Waals surface area (Å²) in [5.41, 5.74) is 3.12. The molecule has 0 saturated carbocycles. The summed E-state index contributed by atoms with van der Waals surface area (Å²) in [7, 11) is 0. The first kappa shape index (κ1) is 15.4. The Kier molecular flexibility index (Phi) is 5.17. The van der Waals surface area contributed by atoms with Crippen molar-refractivity contribution in [1.29, 1.82) is 0 Å². The summed E-state index contributed by atoms with van der Waals surface area (Å²) in [5.74, 6) is 1.32. The zero-order chi connectivity index (χ0) is 15.9. The number of alkyl halides is 1. The molecule has 0 bridgehead atoms. The highest BCUT2D eigenvalue weighted by Gasteiger charge is 2.09. The van der Waals surface area contributed by atoms with Crippen LogP contribution in [0.5, 0.6) is 5.75 Å². The fraction of sp³-hybridized carbons (Fsp3) is 0.167. The Hall–Kier alpha value is -2.46. The second-order valence-electron chi connectivity index (χ2n) is 4.89. The minimum absolute atomic E-state index is 0.566. The number of rotatable bonds is 6. The Morgan fingerprint density at radius 2 is 1.43 bits per heavy atom. The smallest absolute Gasteiger partial charge is 0.123 e. The molecule has 0 amide bonds. The molecule has 0 saturated heterocycles. The number of hydrogen-bond acceptors (Lipinski definition) is 4. The Bertz CT molecular complexity index is 693. The molecule has 0 N–H and O–H groups in total. The summed E-state index contributed by atoms with van der Waals surface area (Å²) in [6, 6.07) is 15.3. The maximum Gasteiger partial charge on any atom is 0.123 e. The van der Waals surface area contributed by atoms with Gasteiger partial charge in [0.05, 0.1) is 29.4 Å². The lowest BCUT2D eigenvalue weighted by Crippen LogP contribution is -2.00. The summed E-state index contributed by atoms with van der Waals surface area (Å²) in [6.07, 6.45) is 4.29. The summed E-state index contributed by atoms with van der Waals surface area (Å²) in [5, 5.41) is 0. The zero-order valence-corrected chi connectivity index (χ0v) is 13.3. The topological polar surface area (TPSA) is 47.9 Å². The number of ether oxygens (including phenoxy) is 1. The fourth-order valence-corrected chi connectivity index (χ4v) is 2.23. The predicted octanol–water partition coefficient (Wildman–Crippen LogP) is 4.21. The molecule has 0 atom stereocenters. The van der Waals surface area contributed by atoms with Gasteiger partial charge in [-0.1, -0.05) is 12.1 Å². The molecule has 0 fully saturated rings. The van der Waals surface area contributed by atoms with Gasteiger partial charge in [0.25, 0.3) is 0 Å². The van der Waals surface area contributed by atoms with Crippen molar-refractivity contribution in [1.82, 2.24) is 15.0 Å². The molecule has 3 rings (SSSR count). The molecule has 116 valence electrons. The van der Waals surface area contributed by atoms with Gasteiger partial charge in [0.2, 0.25) is 0 Å². The van der Waals surface area contributed by atoms with E-state index in [-0.39, 0.29) is 0 Å². The van der Waals surface area contributed by atoms with Gasteiger partial charge in [-0.2, -0.15) is 0 Å². The third-order valence-electron chi connectivity index (χ3n) is 3.20. The van der Waals surface area contributed by atoms with Gasteiger partial charge in [-0.3, -0.25) is 9.97 Å². The van der Waals surface area contributed by atoms with Gasteiger partial charge in [-0.25, -0.2) is 4.98 Å². The minimum Gasteiger partial charge on any atom is -0.493 e. The van der Waals surface area contributed by atoms with Crippen LogP contribution < -0.4 is 4.74 Å². The molecule has 0 aromatic carbocycles. The van der Waals surface area contributed by atoms with Crippen LogP contribution in [0, 0.1) is 0 Å². The summed E-state index contributed by atoms with van der Waals surface area (Å²) < 4.78 is 5.79. The maximum absolute atomic E-state index is 5.79. The van der Waals surface area contributed by atoms with Gasteiger partial charge in [-0.15, -0.1) is 11.6 Å². The highest BCUT2D eigenvalue weighted by molar-refractivity contribution is 6.17. The number of pyridine rings is 3.